The molecule has 0 aromatic heterocycles. The molecule has 148 valence electrons. The van der Waals surface area contributed by atoms with Crippen molar-refractivity contribution >= 4 is 23.2 Å². The van der Waals surface area contributed by atoms with E-state index in [9.17, 15) is 18.0 Å². The zero-order valence-corrected chi connectivity index (χ0v) is 15.5. The molecular formula is C19H22ClF3N2O2. The fourth-order valence-corrected chi connectivity index (χ4v) is 2.98. The second kappa shape index (κ2) is 9.90. The molecule has 1 aliphatic rings. The second-order valence-electron chi connectivity index (χ2n) is 6.37. The summed E-state index contributed by atoms with van der Waals surface area (Å²) in [5.41, 5.74) is -0.861. The summed E-state index contributed by atoms with van der Waals surface area (Å²) in [4.78, 5) is 13.9. The fourth-order valence-electron chi connectivity index (χ4n) is 2.79. The second-order valence-corrected chi connectivity index (χ2v) is 6.78. The molecule has 1 atom stereocenters. The molecule has 1 aromatic rings. The Balaban J connectivity index is 2.07. The number of halogens is 4. The van der Waals surface area contributed by atoms with Gasteiger partial charge in [-0.2, -0.15) is 13.2 Å². The molecule has 0 spiro atoms. The van der Waals surface area contributed by atoms with Crippen molar-refractivity contribution in [2.24, 2.45) is 0 Å². The maximum atomic E-state index is 12.5. The molecule has 1 aliphatic heterocycles. The molecule has 0 saturated carbocycles. The highest BCUT2D eigenvalue weighted by Gasteiger charge is 2.32. The average Bonchev–Trinajstić information content (AvgIpc) is 2.64. The number of amides is 1. The van der Waals surface area contributed by atoms with Gasteiger partial charge in [0.1, 0.15) is 5.71 Å². The first-order valence-electron chi connectivity index (χ1n) is 8.75. The van der Waals surface area contributed by atoms with Gasteiger partial charge in [0, 0.05) is 30.8 Å². The summed E-state index contributed by atoms with van der Waals surface area (Å²) in [7, 11) is 0. The summed E-state index contributed by atoms with van der Waals surface area (Å²) in [5, 5.41) is 7.45. The summed E-state index contributed by atoms with van der Waals surface area (Å²) in [6.07, 6.45) is 0.113. The molecule has 0 radical (unpaired) electrons. The van der Waals surface area contributed by atoms with Gasteiger partial charge in [-0.05, 0) is 43.4 Å². The normalized spacial score (nSPS) is 17.9. The number of carbonyl (C=O) groups is 1. The van der Waals surface area contributed by atoms with Crippen LogP contribution in [0.5, 0.6) is 0 Å². The van der Waals surface area contributed by atoms with Crippen LogP contribution in [0.15, 0.2) is 36.4 Å². The monoisotopic (exact) mass is 402 g/mol. The van der Waals surface area contributed by atoms with Gasteiger partial charge < -0.3 is 9.64 Å². The lowest BCUT2D eigenvalue weighted by molar-refractivity contribution is -0.127. The Kier molecular flexibility index (Phi) is 7.86. The van der Waals surface area contributed by atoms with Crippen molar-refractivity contribution in [2.45, 2.75) is 44.5 Å². The first-order chi connectivity index (χ1) is 12.8. The minimum atomic E-state index is -4.78. The van der Waals surface area contributed by atoms with Gasteiger partial charge in [-0.3, -0.25) is 10.2 Å². The maximum absolute atomic E-state index is 12.5. The number of alkyl halides is 3. The first kappa shape index (κ1) is 21.4. The molecule has 4 nitrogen and oxygen atoms in total. The Bertz CT molecular complexity index is 686. The van der Waals surface area contributed by atoms with Gasteiger partial charge >= 0.3 is 6.18 Å². The number of carbonyl (C=O) groups excluding carboxylic acids is 1. The standard InChI is InChI=1S/C19H22ClF3N2O2/c20-16-7-2-1-5-14(16)13-25(11-10-15-6-3-4-12-27-15)18(26)9-8-17(24)19(21,22)23/h1-2,5,7-9,15,24H,3-4,6,10-13H2/b9-8+,24-17?. The number of benzene rings is 1. The average molecular weight is 403 g/mol. The molecule has 1 amide bonds. The smallest absolute Gasteiger partial charge is 0.378 e. The van der Waals surface area contributed by atoms with Gasteiger partial charge in [-0.15, -0.1) is 0 Å². The van der Waals surface area contributed by atoms with Gasteiger partial charge in [-0.25, -0.2) is 0 Å². The Labute approximate surface area is 161 Å². The largest absolute Gasteiger partial charge is 0.432 e. The van der Waals surface area contributed by atoms with E-state index in [-0.39, 0.29) is 12.6 Å². The number of rotatable bonds is 7. The Hall–Kier alpha value is -1.86. The predicted molar refractivity (Wildman–Crippen MR) is 98.0 cm³/mol. The van der Waals surface area contributed by atoms with E-state index in [1.165, 1.54) is 4.90 Å². The van der Waals surface area contributed by atoms with Crippen LogP contribution in [0.1, 0.15) is 31.2 Å². The lowest BCUT2D eigenvalue weighted by Crippen LogP contribution is -2.33. The van der Waals surface area contributed by atoms with E-state index in [0.717, 1.165) is 25.3 Å². The van der Waals surface area contributed by atoms with Crippen LogP contribution >= 0.6 is 11.6 Å². The number of nitrogens with one attached hydrogen (secondary N) is 1. The summed E-state index contributed by atoms with van der Waals surface area (Å²) in [6, 6.07) is 7.00. The number of hydrogen-bond donors (Lipinski definition) is 1. The molecular weight excluding hydrogens is 381 g/mol. The zero-order valence-electron chi connectivity index (χ0n) is 14.8. The summed E-state index contributed by atoms with van der Waals surface area (Å²) < 4.78 is 43.0. The van der Waals surface area contributed by atoms with Gasteiger partial charge in [0.05, 0.1) is 6.10 Å². The lowest BCUT2D eigenvalue weighted by Gasteiger charge is -2.27. The van der Waals surface area contributed by atoms with E-state index in [0.29, 0.717) is 36.2 Å². The molecule has 0 aliphatic carbocycles. The molecule has 2 rings (SSSR count). The fraction of sp³-hybridized carbons (Fsp3) is 0.474. The molecule has 1 aromatic carbocycles. The minimum Gasteiger partial charge on any atom is -0.378 e. The Morgan fingerprint density at radius 1 is 1.30 bits per heavy atom. The Morgan fingerprint density at radius 2 is 2.04 bits per heavy atom. The van der Waals surface area contributed by atoms with E-state index in [4.69, 9.17) is 21.7 Å². The van der Waals surface area contributed by atoms with Gasteiger partial charge in [0.25, 0.3) is 0 Å². The van der Waals surface area contributed by atoms with Crippen molar-refractivity contribution in [2.75, 3.05) is 13.2 Å². The van der Waals surface area contributed by atoms with Crippen molar-refractivity contribution in [1.82, 2.24) is 4.90 Å². The van der Waals surface area contributed by atoms with E-state index in [2.05, 4.69) is 0 Å². The van der Waals surface area contributed by atoms with Crippen LogP contribution < -0.4 is 0 Å². The predicted octanol–water partition coefficient (Wildman–Crippen LogP) is 4.77. The van der Waals surface area contributed by atoms with Crippen LogP contribution in [0.3, 0.4) is 0 Å². The molecule has 1 unspecified atom stereocenters. The number of ether oxygens (including phenoxy) is 1. The topological polar surface area (TPSA) is 53.4 Å². The number of hydrogen-bond acceptors (Lipinski definition) is 3. The van der Waals surface area contributed by atoms with Crippen molar-refractivity contribution in [3.8, 4) is 0 Å². The highest BCUT2D eigenvalue weighted by atomic mass is 35.5. The van der Waals surface area contributed by atoms with E-state index < -0.39 is 17.8 Å². The molecule has 1 fully saturated rings. The van der Waals surface area contributed by atoms with Crippen LogP contribution in [0, 0.1) is 5.41 Å². The van der Waals surface area contributed by atoms with Gasteiger partial charge in [0.2, 0.25) is 5.91 Å². The molecule has 1 heterocycles. The van der Waals surface area contributed by atoms with E-state index >= 15 is 0 Å². The van der Waals surface area contributed by atoms with Crippen LogP contribution in [0.2, 0.25) is 5.02 Å². The van der Waals surface area contributed by atoms with Crippen molar-refractivity contribution < 1.29 is 22.7 Å². The van der Waals surface area contributed by atoms with Crippen LogP contribution in [-0.2, 0) is 16.1 Å². The van der Waals surface area contributed by atoms with Gasteiger partial charge in [-0.1, -0.05) is 29.8 Å². The highest BCUT2D eigenvalue weighted by Crippen LogP contribution is 2.21. The Morgan fingerprint density at radius 3 is 2.67 bits per heavy atom. The minimum absolute atomic E-state index is 0.0396. The third-order valence-corrected chi connectivity index (χ3v) is 4.69. The number of allylic oxidation sites excluding steroid dienone is 1. The van der Waals surface area contributed by atoms with Crippen molar-refractivity contribution in [3.63, 3.8) is 0 Å². The van der Waals surface area contributed by atoms with E-state index in [1.54, 1.807) is 24.3 Å². The molecule has 1 N–H and O–H groups in total. The zero-order chi connectivity index (χ0) is 19.9. The van der Waals surface area contributed by atoms with Crippen molar-refractivity contribution in [3.05, 3.63) is 47.0 Å². The van der Waals surface area contributed by atoms with Crippen LogP contribution in [0.4, 0.5) is 13.2 Å². The third-order valence-electron chi connectivity index (χ3n) is 4.32. The molecule has 1 saturated heterocycles. The lowest BCUT2D eigenvalue weighted by atomic mass is 10.1. The summed E-state index contributed by atoms with van der Waals surface area (Å²) in [5.74, 6) is -0.597. The number of nitrogens with zero attached hydrogens (tertiary/aromatic N) is 1. The molecule has 8 heteroatoms. The summed E-state index contributed by atoms with van der Waals surface area (Å²) in [6.45, 7) is 1.19. The summed E-state index contributed by atoms with van der Waals surface area (Å²) >= 11 is 6.15. The first-order valence-corrected chi connectivity index (χ1v) is 9.13. The molecule has 27 heavy (non-hydrogen) atoms. The van der Waals surface area contributed by atoms with Crippen LogP contribution in [-0.4, -0.2) is 42.0 Å². The quantitative estimate of drug-likeness (QED) is 0.527. The molecule has 0 bridgehead atoms. The SMILES string of the molecule is N=C(/C=C/C(=O)N(CCC1CCCCO1)Cc1ccccc1Cl)C(F)(F)F. The van der Waals surface area contributed by atoms with Crippen LogP contribution in [0.25, 0.3) is 0 Å². The van der Waals surface area contributed by atoms with Crippen molar-refractivity contribution in [1.29, 1.82) is 5.41 Å². The van der Waals surface area contributed by atoms with Gasteiger partial charge in [0.15, 0.2) is 0 Å². The maximum Gasteiger partial charge on any atom is 0.432 e. The third kappa shape index (κ3) is 6.99. The highest BCUT2D eigenvalue weighted by molar-refractivity contribution is 6.31. The van der Waals surface area contributed by atoms with E-state index in [1.807, 2.05) is 0 Å².